The lowest BCUT2D eigenvalue weighted by Gasteiger charge is -2.29. The Labute approximate surface area is 115 Å². The number of nitrogens with one attached hydrogen (secondary N) is 1. The molecule has 102 valence electrons. The van der Waals surface area contributed by atoms with Crippen molar-refractivity contribution in [2.24, 2.45) is 5.41 Å². The van der Waals surface area contributed by atoms with E-state index in [1.54, 1.807) is 0 Å². The lowest BCUT2D eigenvalue weighted by atomic mass is 9.93. The minimum atomic E-state index is 0.233. The second-order valence-electron chi connectivity index (χ2n) is 6.13. The third kappa shape index (κ3) is 4.30. The average molecular weight is 258 g/mol. The van der Waals surface area contributed by atoms with Gasteiger partial charge in [-0.1, -0.05) is 13.8 Å². The highest BCUT2D eigenvalue weighted by molar-refractivity contribution is 5.09. The van der Waals surface area contributed by atoms with E-state index >= 15 is 0 Å². The van der Waals surface area contributed by atoms with Gasteiger partial charge in [0.15, 0.2) is 0 Å². The molecule has 1 N–H and O–H groups in total. The van der Waals surface area contributed by atoms with Crippen molar-refractivity contribution in [3.63, 3.8) is 0 Å². The molecular weight excluding hydrogens is 236 g/mol. The molecule has 0 aromatic carbocycles. The quantitative estimate of drug-likeness (QED) is 0.898. The summed E-state index contributed by atoms with van der Waals surface area (Å²) in [5.74, 6) is 0. The van der Waals surface area contributed by atoms with E-state index in [0.29, 0.717) is 6.42 Å². The minimum Gasteiger partial charge on any atom is -0.311 e. The predicted octanol–water partition coefficient (Wildman–Crippen LogP) is 1.80. The van der Waals surface area contributed by atoms with Crippen LogP contribution in [0.15, 0.2) is 24.5 Å². The van der Waals surface area contributed by atoms with E-state index in [1.165, 1.54) is 5.56 Å². The highest BCUT2D eigenvalue weighted by Gasteiger charge is 2.28. The lowest BCUT2D eigenvalue weighted by molar-refractivity contribution is 0.194. The van der Waals surface area contributed by atoms with Gasteiger partial charge in [0, 0.05) is 44.6 Å². The van der Waals surface area contributed by atoms with Crippen molar-refractivity contribution in [1.29, 1.82) is 5.26 Å². The number of rotatable bonds is 3. The molecule has 0 saturated carbocycles. The van der Waals surface area contributed by atoms with Crippen LogP contribution >= 0.6 is 0 Å². The number of nitriles is 1. The fraction of sp³-hybridized carbons (Fsp3) is 0.600. The standard InChI is InChI=1S/C15H22N4/c1-15(2)11-18-14(3-6-16)10-19(12-15)9-13-4-7-17-8-5-13/h4-5,7-8,14,18H,3,9-12H2,1-2H3. The number of hydrogen-bond donors (Lipinski definition) is 1. The van der Waals surface area contributed by atoms with Gasteiger partial charge in [-0.05, 0) is 23.1 Å². The molecule has 2 rings (SSSR count). The average Bonchev–Trinajstić information content (AvgIpc) is 2.50. The first-order valence-electron chi connectivity index (χ1n) is 6.81. The molecule has 1 atom stereocenters. The normalized spacial score (nSPS) is 23.5. The molecule has 1 aliphatic rings. The summed E-state index contributed by atoms with van der Waals surface area (Å²) in [6, 6.07) is 6.67. The summed E-state index contributed by atoms with van der Waals surface area (Å²) in [6.45, 7) is 8.41. The van der Waals surface area contributed by atoms with Crippen LogP contribution in [0.2, 0.25) is 0 Å². The third-order valence-electron chi connectivity index (χ3n) is 3.49. The van der Waals surface area contributed by atoms with Gasteiger partial charge in [0.05, 0.1) is 12.5 Å². The van der Waals surface area contributed by atoms with Gasteiger partial charge in [-0.25, -0.2) is 0 Å². The Morgan fingerprint density at radius 2 is 2.21 bits per heavy atom. The second kappa shape index (κ2) is 6.14. The zero-order valence-corrected chi connectivity index (χ0v) is 11.8. The van der Waals surface area contributed by atoms with E-state index in [2.05, 4.69) is 47.3 Å². The van der Waals surface area contributed by atoms with Gasteiger partial charge in [-0.3, -0.25) is 9.88 Å². The maximum Gasteiger partial charge on any atom is 0.0638 e. The second-order valence-corrected chi connectivity index (χ2v) is 6.13. The largest absolute Gasteiger partial charge is 0.311 e. The van der Waals surface area contributed by atoms with Crippen molar-refractivity contribution >= 4 is 0 Å². The van der Waals surface area contributed by atoms with E-state index < -0.39 is 0 Å². The molecule has 0 amide bonds. The monoisotopic (exact) mass is 258 g/mol. The van der Waals surface area contributed by atoms with Crippen LogP contribution in [-0.4, -0.2) is 35.6 Å². The van der Waals surface area contributed by atoms with Crippen LogP contribution in [-0.2, 0) is 6.54 Å². The van der Waals surface area contributed by atoms with Crippen molar-refractivity contribution in [2.45, 2.75) is 32.9 Å². The number of pyridine rings is 1. The SMILES string of the molecule is CC1(C)CNC(CC#N)CN(Cc2ccncc2)C1. The Bertz CT molecular complexity index is 435. The summed E-state index contributed by atoms with van der Waals surface area (Å²) in [5, 5.41) is 12.4. The fourth-order valence-corrected chi connectivity index (χ4v) is 2.64. The topological polar surface area (TPSA) is 52.0 Å². The molecule has 0 spiro atoms. The van der Waals surface area contributed by atoms with Crippen molar-refractivity contribution in [1.82, 2.24) is 15.2 Å². The molecule has 1 unspecified atom stereocenters. The molecule has 1 aromatic heterocycles. The summed E-state index contributed by atoms with van der Waals surface area (Å²) in [4.78, 5) is 6.50. The lowest BCUT2D eigenvalue weighted by Crippen LogP contribution is -2.37. The third-order valence-corrected chi connectivity index (χ3v) is 3.49. The van der Waals surface area contributed by atoms with Crippen LogP contribution in [0.3, 0.4) is 0 Å². The molecule has 1 saturated heterocycles. The molecule has 4 nitrogen and oxygen atoms in total. The Morgan fingerprint density at radius 3 is 2.89 bits per heavy atom. The molecule has 0 radical (unpaired) electrons. The van der Waals surface area contributed by atoms with Crippen molar-refractivity contribution in [3.8, 4) is 6.07 Å². The van der Waals surface area contributed by atoms with Crippen LogP contribution in [0.4, 0.5) is 0 Å². The van der Waals surface area contributed by atoms with Gasteiger partial charge in [0.25, 0.3) is 0 Å². The first-order valence-corrected chi connectivity index (χ1v) is 6.81. The van der Waals surface area contributed by atoms with Crippen LogP contribution in [0.25, 0.3) is 0 Å². The molecule has 0 aliphatic carbocycles. The van der Waals surface area contributed by atoms with E-state index in [-0.39, 0.29) is 11.5 Å². The van der Waals surface area contributed by atoms with Crippen molar-refractivity contribution in [2.75, 3.05) is 19.6 Å². The van der Waals surface area contributed by atoms with E-state index in [0.717, 1.165) is 26.2 Å². The highest BCUT2D eigenvalue weighted by atomic mass is 15.2. The molecular formula is C15H22N4. The molecule has 2 heterocycles. The number of aromatic nitrogens is 1. The minimum absolute atomic E-state index is 0.233. The fourth-order valence-electron chi connectivity index (χ4n) is 2.64. The molecule has 1 fully saturated rings. The molecule has 1 aromatic rings. The van der Waals surface area contributed by atoms with E-state index in [4.69, 9.17) is 5.26 Å². The zero-order chi connectivity index (χ0) is 13.7. The molecule has 4 heteroatoms. The maximum atomic E-state index is 8.90. The zero-order valence-electron chi connectivity index (χ0n) is 11.8. The Balaban J connectivity index is 2.06. The van der Waals surface area contributed by atoms with Gasteiger partial charge >= 0.3 is 0 Å². The first-order chi connectivity index (χ1) is 9.09. The maximum absolute atomic E-state index is 8.90. The Hall–Kier alpha value is -1.44. The van der Waals surface area contributed by atoms with Gasteiger partial charge < -0.3 is 5.32 Å². The Kier molecular flexibility index (Phi) is 4.52. The molecule has 0 bridgehead atoms. The van der Waals surface area contributed by atoms with Crippen LogP contribution < -0.4 is 5.32 Å². The molecule has 19 heavy (non-hydrogen) atoms. The number of hydrogen-bond acceptors (Lipinski definition) is 4. The highest BCUT2D eigenvalue weighted by Crippen LogP contribution is 2.21. The van der Waals surface area contributed by atoms with Gasteiger partial charge in [0.2, 0.25) is 0 Å². The van der Waals surface area contributed by atoms with E-state index in [9.17, 15) is 0 Å². The van der Waals surface area contributed by atoms with Gasteiger partial charge in [0.1, 0.15) is 0 Å². The summed E-state index contributed by atoms with van der Waals surface area (Å²) in [7, 11) is 0. The summed E-state index contributed by atoms with van der Waals surface area (Å²) >= 11 is 0. The van der Waals surface area contributed by atoms with E-state index in [1.807, 2.05) is 12.4 Å². The van der Waals surface area contributed by atoms with Crippen LogP contribution in [0, 0.1) is 16.7 Å². The summed E-state index contributed by atoms with van der Waals surface area (Å²) in [5.41, 5.74) is 1.51. The van der Waals surface area contributed by atoms with Crippen molar-refractivity contribution in [3.05, 3.63) is 30.1 Å². The van der Waals surface area contributed by atoms with Crippen LogP contribution in [0.1, 0.15) is 25.8 Å². The summed E-state index contributed by atoms with van der Waals surface area (Å²) < 4.78 is 0. The predicted molar refractivity (Wildman–Crippen MR) is 75.3 cm³/mol. The first kappa shape index (κ1) is 14.0. The van der Waals surface area contributed by atoms with Gasteiger partial charge in [-0.2, -0.15) is 5.26 Å². The number of nitrogens with zero attached hydrogens (tertiary/aromatic N) is 3. The summed E-state index contributed by atoms with van der Waals surface area (Å²) in [6.07, 6.45) is 4.25. The van der Waals surface area contributed by atoms with Crippen molar-refractivity contribution < 1.29 is 0 Å². The Morgan fingerprint density at radius 1 is 1.47 bits per heavy atom. The van der Waals surface area contributed by atoms with Crippen LogP contribution in [0.5, 0.6) is 0 Å². The van der Waals surface area contributed by atoms with Gasteiger partial charge in [-0.15, -0.1) is 0 Å². The molecule has 1 aliphatic heterocycles. The smallest absolute Gasteiger partial charge is 0.0638 e.